The molecule has 0 radical (unpaired) electrons. The molecule has 2 nitrogen and oxygen atoms in total. The SMILES string of the molecule is CCNC(CS(=O)c1cccc(C)c1)c1ccccc1C. The molecule has 0 fully saturated rings. The highest BCUT2D eigenvalue weighted by Gasteiger charge is 2.16. The molecule has 2 unspecified atom stereocenters. The zero-order valence-electron chi connectivity index (χ0n) is 12.9. The standard InChI is InChI=1S/C18H23NOS/c1-4-19-18(17-11-6-5-9-15(17)3)13-21(20)16-10-7-8-14(2)12-16/h5-12,18-19H,4,13H2,1-3H3. The van der Waals surface area contributed by atoms with Crippen molar-refractivity contribution in [3.05, 3.63) is 65.2 Å². The first-order valence-electron chi connectivity index (χ1n) is 7.35. The van der Waals surface area contributed by atoms with Crippen molar-refractivity contribution >= 4 is 10.8 Å². The molecule has 2 aromatic rings. The van der Waals surface area contributed by atoms with E-state index < -0.39 is 10.8 Å². The second-order valence-corrected chi connectivity index (χ2v) is 6.79. The summed E-state index contributed by atoms with van der Waals surface area (Å²) in [7, 11) is -0.997. The van der Waals surface area contributed by atoms with Gasteiger partial charge in [-0.2, -0.15) is 0 Å². The molecule has 0 aliphatic rings. The Morgan fingerprint density at radius 1 is 1.10 bits per heavy atom. The summed E-state index contributed by atoms with van der Waals surface area (Å²) in [6.07, 6.45) is 0. The fourth-order valence-corrected chi connectivity index (χ4v) is 3.83. The molecular weight excluding hydrogens is 278 g/mol. The van der Waals surface area contributed by atoms with Gasteiger partial charge in [0, 0.05) is 16.7 Å². The maximum Gasteiger partial charge on any atom is 0.0548 e. The van der Waals surface area contributed by atoms with E-state index in [4.69, 9.17) is 0 Å². The third-order valence-corrected chi connectivity index (χ3v) is 5.00. The summed E-state index contributed by atoms with van der Waals surface area (Å²) in [6, 6.07) is 16.4. The first kappa shape index (κ1) is 15.9. The van der Waals surface area contributed by atoms with Crippen LogP contribution in [0.1, 0.15) is 29.7 Å². The summed E-state index contributed by atoms with van der Waals surface area (Å²) >= 11 is 0. The van der Waals surface area contributed by atoms with Gasteiger partial charge in [-0.15, -0.1) is 0 Å². The predicted molar refractivity (Wildman–Crippen MR) is 90.1 cm³/mol. The van der Waals surface area contributed by atoms with Gasteiger partial charge >= 0.3 is 0 Å². The Bertz CT molecular complexity index is 624. The molecule has 0 aliphatic carbocycles. The van der Waals surface area contributed by atoms with Crippen LogP contribution < -0.4 is 5.32 Å². The molecule has 0 heterocycles. The quantitative estimate of drug-likeness (QED) is 0.880. The topological polar surface area (TPSA) is 29.1 Å². The molecule has 112 valence electrons. The van der Waals surface area contributed by atoms with Crippen molar-refractivity contribution in [3.63, 3.8) is 0 Å². The summed E-state index contributed by atoms with van der Waals surface area (Å²) in [5.74, 6) is 0.599. The van der Waals surface area contributed by atoms with Crippen LogP contribution >= 0.6 is 0 Å². The van der Waals surface area contributed by atoms with E-state index in [1.54, 1.807) is 0 Å². The Hall–Kier alpha value is -1.45. The van der Waals surface area contributed by atoms with Gasteiger partial charge in [0.15, 0.2) is 0 Å². The largest absolute Gasteiger partial charge is 0.309 e. The van der Waals surface area contributed by atoms with Crippen LogP contribution in [0.2, 0.25) is 0 Å². The average Bonchev–Trinajstić information content (AvgIpc) is 2.47. The highest BCUT2D eigenvalue weighted by atomic mass is 32.2. The predicted octanol–water partition coefficient (Wildman–Crippen LogP) is 3.76. The van der Waals surface area contributed by atoms with Crippen molar-refractivity contribution in [2.45, 2.75) is 31.7 Å². The third kappa shape index (κ3) is 4.26. The molecule has 0 aromatic heterocycles. The number of benzene rings is 2. The van der Waals surface area contributed by atoms with Crippen LogP contribution in [0.4, 0.5) is 0 Å². The lowest BCUT2D eigenvalue weighted by atomic mass is 10.0. The van der Waals surface area contributed by atoms with E-state index in [2.05, 4.69) is 31.3 Å². The second-order valence-electron chi connectivity index (χ2n) is 5.30. The van der Waals surface area contributed by atoms with Gasteiger partial charge < -0.3 is 5.32 Å². The lowest BCUT2D eigenvalue weighted by Gasteiger charge is -2.20. The van der Waals surface area contributed by atoms with Crippen molar-refractivity contribution in [1.29, 1.82) is 0 Å². The van der Waals surface area contributed by atoms with Crippen molar-refractivity contribution in [2.75, 3.05) is 12.3 Å². The third-order valence-electron chi connectivity index (χ3n) is 3.58. The Kier molecular flexibility index (Phi) is 5.71. The van der Waals surface area contributed by atoms with E-state index >= 15 is 0 Å². The maximum absolute atomic E-state index is 12.6. The molecule has 21 heavy (non-hydrogen) atoms. The fraction of sp³-hybridized carbons (Fsp3) is 0.333. The Morgan fingerprint density at radius 2 is 1.86 bits per heavy atom. The van der Waals surface area contributed by atoms with Crippen molar-refractivity contribution in [3.8, 4) is 0 Å². The number of nitrogens with one attached hydrogen (secondary N) is 1. The van der Waals surface area contributed by atoms with Crippen LogP contribution in [-0.2, 0) is 10.8 Å². The molecule has 0 saturated heterocycles. The van der Waals surface area contributed by atoms with Crippen molar-refractivity contribution < 1.29 is 4.21 Å². The zero-order valence-corrected chi connectivity index (χ0v) is 13.7. The minimum Gasteiger partial charge on any atom is -0.309 e. The van der Waals surface area contributed by atoms with E-state index in [1.807, 2.05) is 43.3 Å². The van der Waals surface area contributed by atoms with Crippen LogP contribution in [0.15, 0.2) is 53.4 Å². The smallest absolute Gasteiger partial charge is 0.0548 e. The molecule has 1 N–H and O–H groups in total. The average molecular weight is 301 g/mol. The number of rotatable bonds is 6. The Labute approximate surface area is 130 Å². The normalized spacial score (nSPS) is 13.9. The molecule has 2 atom stereocenters. The van der Waals surface area contributed by atoms with E-state index in [1.165, 1.54) is 11.1 Å². The molecule has 3 heteroatoms. The number of hydrogen-bond donors (Lipinski definition) is 1. The molecule has 0 bridgehead atoms. The zero-order chi connectivity index (χ0) is 15.2. The molecule has 0 amide bonds. The summed E-state index contributed by atoms with van der Waals surface area (Å²) in [5.41, 5.74) is 3.63. The van der Waals surface area contributed by atoms with Gasteiger partial charge in [0.1, 0.15) is 0 Å². The van der Waals surface area contributed by atoms with E-state index in [0.29, 0.717) is 5.75 Å². The van der Waals surface area contributed by atoms with E-state index in [0.717, 1.165) is 17.0 Å². The number of hydrogen-bond acceptors (Lipinski definition) is 2. The molecular formula is C18H23NOS. The summed E-state index contributed by atoms with van der Waals surface area (Å²) in [5, 5.41) is 3.46. The number of aryl methyl sites for hydroxylation is 2. The van der Waals surface area contributed by atoms with Crippen molar-refractivity contribution in [1.82, 2.24) is 5.32 Å². The van der Waals surface area contributed by atoms with E-state index in [-0.39, 0.29) is 6.04 Å². The first-order valence-corrected chi connectivity index (χ1v) is 8.67. The monoisotopic (exact) mass is 301 g/mol. The fourth-order valence-electron chi connectivity index (χ4n) is 2.49. The van der Waals surface area contributed by atoms with Crippen LogP contribution in [0.5, 0.6) is 0 Å². The lowest BCUT2D eigenvalue weighted by molar-refractivity contribution is 0.592. The van der Waals surface area contributed by atoms with Gasteiger partial charge in [0.05, 0.1) is 10.8 Å². The molecule has 0 saturated carbocycles. The second kappa shape index (κ2) is 7.53. The maximum atomic E-state index is 12.6. The van der Waals surface area contributed by atoms with Crippen LogP contribution in [-0.4, -0.2) is 16.5 Å². The van der Waals surface area contributed by atoms with Gasteiger partial charge in [0.25, 0.3) is 0 Å². The Morgan fingerprint density at radius 3 is 2.52 bits per heavy atom. The van der Waals surface area contributed by atoms with E-state index in [9.17, 15) is 4.21 Å². The van der Waals surface area contributed by atoms with Gasteiger partial charge in [-0.25, -0.2) is 0 Å². The molecule has 2 aromatic carbocycles. The highest BCUT2D eigenvalue weighted by Crippen LogP contribution is 2.21. The summed E-state index contributed by atoms with van der Waals surface area (Å²) < 4.78 is 12.6. The molecule has 0 aliphatic heterocycles. The molecule has 2 rings (SSSR count). The minimum absolute atomic E-state index is 0.123. The van der Waals surface area contributed by atoms with Crippen molar-refractivity contribution in [2.24, 2.45) is 0 Å². The summed E-state index contributed by atoms with van der Waals surface area (Å²) in [4.78, 5) is 0.909. The van der Waals surface area contributed by atoms with Crippen LogP contribution in [0, 0.1) is 13.8 Å². The summed E-state index contributed by atoms with van der Waals surface area (Å²) in [6.45, 7) is 7.09. The van der Waals surface area contributed by atoms with Gasteiger partial charge in [0.2, 0.25) is 0 Å². The lowest BCUT2D eigenvalue weighted by Crippen LogP contribution is -2.26. The highest BCUT2D eigenvalue weighted by molar-refractivity contribution is 7.85. The van der Waals surface area contributed by atoms with Gasteiger partial charge in [-0.3, -0.25) is 4.21 Å². The first-order chi connectivity index (χ1) is 10.1. The molecule has 0 spiro atoms. The van der Waals surface area contributed by atoms with Crippen LogP contribution in [0.25, 0.3) is 0 Å². The Balaban J connectivity index is 2.20. The minimum atomic E-state index is -0.997. The van der Waals surface area contributed by atoms with Crippen LogP contribution in [0.3, 0.4) is 0 Å². The van der Waals surface area contributed by atoms with Gasteiger partial charge in [-0.1, -0.05) is 43.3 Å². The van der Waals surface area contributed by atoms with Gasteiger partial charge in [-0.05, 0) is 49.2 Å².